The van der Waals surface area contributed by atoms with Crippen molar-refractivity contribution in [2.24, 2.45) is 0 Å². The van der Waals surface area contributed by atoms with Gasteiger partial charge in [0.2, 0.25) is 0 Å². The smallest absolute Gasteiger partial charge is 0.259 e. The predicted molar refractivity (Wildman–Crippen MR) is 124 cm³/mol. The molecule has 2 heterocycles. The minimum atomic E-state index is 0.0806. The molecule has 5 rings (SSSR count). The molecule has 0 saturated carbocycles. The van der Waals surface area contributed by atoms with Crippen molar-refractivity contribution in [3.8, 4) is 0 Å². The third-order valence-corrected chi connectivity index (χ3v) is 6.21. The molecule has 0 N–H and O–H groups in total. The van der Waals surface area contributed by atoms with Crippen molar-refractivity contribution < 1.29 is 4.79 Å². The molecule has 30 heavy (non-hydrogen) atoms. The van der Waals surface area contributed by atoms with Gasteiger partial charge in [0.25, 0.3) is 5.91 Å². The Morgan fingerprint density at radius 2 is 1.60 bits per heavy atom. The molecule has 3 heteroatoms. The first kappa shape index (κ1) is 18.7. The van der Waals surface area contributed by atoms with Gasteiger partial charge in [-0.2, -0.15) is 0 Å². The van der Waals surface area contributed by atoms with E-state index in [9.17, 15) is 4.79 Å². The Morgan fingerprint density at radius 1 is 0.900 bits per heavy atom. The van der Waals surface area contributed by atoms with Crippen molar-refractivity contribution in [1.82, 2.24) is 0 Å². The highest BCUT2D eigenvalue weighted by Crippen LogP contribution is 2.45. The van der Waals surface area contributed by atoms with Crippen molar-refractivity contribution >= 4 is 28.9 Å². The first-order valence-corrected chi connectivity index (χ1v) is 10.7. The molecule has 0 aliphatic carbocycles. The van der Waals surface area contributed by atoms with Gasteiger partial charge in [0.05, 0.1) is 17.8 Å². The van der Waals surface area contributed by atoms with Gasteiger partial charge in [0.15, 0.2) is 0 Å². The lowest BCUT2D eigenvalue weighted by atomic mass is 10.0. The zero-order valence-electron chi connectivity index (χ0n) is 17.3. The topological polar surface area (TPSA) is 23.6 Å². The maximum atomic E-state index is 13.7. The number of benzene rings is 3. The molecule has 0 unspecified atom stereocenters. The summed E-state index contributed by atoms with van der Waals surface area (Å²) in [5.41, 5.74) is 6.26. The van der Waals surface area contributed by atoms with E-state index in [1.165, 1.54) is 18.5 Å². The largest absolute Gasteiger partial charge is 0.368 e. The van der Waals surface area contributed by atoms with Crippen LogP contribution in [0.1, 0.15) is 36.5 Å². The van der Waals surface area contributed by atoms with Crippen LogP contribution in [0.25, 0.3) is 11.6 Å². The van der Waals surface area contributed by atoms with E-state index >= 15 is 0 Å². The average Bonchev–Trinajstić information content (AvgIpc) is 3.32. The van der Waals surface area contributed by atoms with E-state index in [-0.39, 0.29) is 5.91 Å². The SMILES string of the molecule is C[C@@H]1CCCN1c1cccc2c1/C(=C\c1ccccc1)C(=O)N2Cc1ccccc1. The van der Waals surface area contributed by atoms with Gasteiger partial charge in [-0.05, 0) is 49.1 Å². The molecule has 0 aromatic heterocycles. The molecule has 0 spiro atoms. The van der Waals surface area contributed by atoms with E-state index in [1.54, 1.807) is 0 Å². The molecule has 0 bridgehead atoms. The quantitative estimate of drug-likeness (QED) is 0.525. The lowest BCUT2D eigenvalue weighted by Crippen LogP contribution is -2.27. The van der Waals surface area contributed by atoms with E-state index < -0.39 is 0 Å². The Bertz CT molecular complexity index is 1090. The number of nitrogens with zero attached hydrogens (tertiary/aromatic N) is 2. The van der Waals surface area contributed by atoms with E-state index in [0.29, 0.717) is 12.6 Å². The summed E-state index contributed by atoms with van der Waals surface area (Å²) in [6, 6.07) is 27.2. The van der Waals surface area contributed by atoms with Gasteiger partial charge in [0, 0.05) is 23.8 Å². The van der Waals surface area contributed by atoms with Crippen molar-refractivity contribution in [3.63, 3.8) is 0 Å². The molecule has 3 aromatic carbocycles. The summed E-state index contributed by atoms with van der Waals surface area (Å²) in [5.74, 6) is 0.0806. The third-order valence-electron chi connectivity index (χ3n) is 6.21. The molecule has 3 aromatic rings. The second-order valence-corrected chi connectivity index (χ2v) is 8.20. The van der Waals surface area contributed by atoms with Gasteiger partial charge < -0.3 is 9.80 Å². The zero-order chi connectivity index (χ0) is 20.5. The van der Waals surface area contributed by atoms with Crippen molar-refractivity contribution in [2.45, 2.75) is 32.4 Å². The van der Waals surface area contributed by atoms with Crippen LogP contribution in [0.15, 0.2) is 78.9 Å². The van der Waals surface area contributed by atoms with Crippen LogP contribution in [-0.4, -0.2) is 18.5 Å². The summed E-state index contributed by atoms with van der Waals surface area (Å²) in [7, 11) is 0. The summed E-state index contributed by atoms with van der Waals surface area (Å²) in [4.78, 5) is 18.1. The fourth-order valence-electron chi connectivity index (χ4n) is 4.69. The van der Waals surface area contributed by atoms with Gasteiger partial charge in [0.1, 0.15) is 0 Å². The number of carbonyl (C=O) groups excluding carboxylic acids is 1. The second kappa shape index (κ2) is 7.83. The highest BCUT2D eigenvalue weighted by Gasteiger charge is 2.36. The van der Waals surface area contributed by atoms with Crippen molar-refractivity contribution in [3.05, 3.63) is 95.6 Å². The van der Waals surface area contributed by atoms with Crippen LogP contribution in [0.2, 0.25) is 0 Å². The van der Waals surface area contributed by atoms with Crippen LogP contribution in [-0.2, 0) is 11.3 Å². The van der Waals surface area contributed by atoms with Gasteiger partial charge in [-0.1, -0.05) is 66.7 Å². The molecular formula is C27H26N2O. The Balaban J connectivity index is 1.65. The highest BCUT2D eigenvalue weighted by molar-refractivity contribution is 6.37. The first-order chi connectivity index (χ1) is 14.7. The number of hydrogen-bond donors (Lipinski definition) is 0. The Hall–Kier alpha value is -3.33. The van der Waals surface area contributed by atoms with E-state index in [4.69, 9.17) is 0 Å². The number of hydrogen-bond acceptors (Lipinski definition) is 2. The summed E-state index contributed by atoms with van der Waals surface area (Å²) < 4.78 is 0. The summed E-state index contributed by atoms with van der Waals surface area (Å²) in [5, 5.41) is 0. The predicted octanol–water partition coefficient (Wildman–Crippen LogP) is 5.76. The molecular weight excluding hydrogens is 368 g/mol. The molecule has 3 nitrogen and oxygen atoms in total. The van der Waals surface area contributed by atoms with Gasteiger partial charge >= 0.3 is 0 Å². The average molecular weight is 395 g/mol. The molecule has 2 aliphatic rings. The fraction of sp³-hybridized carbons (Fsp3) is 0.222. The van der Waals surface area contributed by atoms with Crippen LogP contribution in [0.5, 0.6) is 0 Å². The summed E-state index contributed by atoms with van der Waals surface area (Å²) in [6.45, 7) is 3.91. The maximum absolute atomic E-state index is 13.7. The lowest BCUT2D eigenvalue weighted by molar-refractivity contribution is -0.113. The first-order valence-electron chi connectivity index (χ1n) is 10.7. The zero-order valence-corrected chi connectivity index (χ0v) is 17.3. The second-order valence-electron chi connectivity index (χ2n) is 8.20. The Kier molecular flexibility index (Phi) is 4.88. The minimum Gasteiger partial charge on any atom is -0.368 e. The molecule has 0 radical (unpaired) electrons. The maximum Gasteiger partial charge on any atom is 0.259 e. The lowest BCUT2D eigenvalue weighted by Gasteiger charge is -2.26. The monoisotopic (exact) mass is 394 g/mol. The number of anilines is 2. The van der Waals surface area contributed by atoms with Gasteiger partial charge in [-0.3, -0.25) is 4.79 Å². The van der Waals surface area contributed by atoms with Crippen LogP contribution in [0, 0.1) is 0 Å². The third kappa shape index (κ3) is 3.30. The van der Waals surface area contributed by atoms with E-state index in [1.807, 2.05) is 41.3 Å². The summed E-state index contributed by atoms with van der Waals surface area (Å²) in [6.07, 6.45) is 4.45. The fourth-order valence-corrected chi connectivity index (χ4v) is 4.69. The Morgan fingerprint density at radius 3 is 2.30 bits per heavy atom. The van der Waals surface area contributed by atoms with Crippen LogP contribution < -0.4 is 9.80 Å². The van der Waals surface area contributed by atoms with Crippen molar-refractivity contribution in [2.75, 3.05) is 16.3 Å². The molecule has 1 fully saturated rings. The molecule has 1 atom stereocenters. The van der Waals surface area contributed by atoms with E-state index in [0.717, 1.165) is 34.5 Å². The number of amides is 1. The number of rotatable bonds is 4. The standard InChI is InChI=1S/C27H26N2O/c1-20-10-9-17-28(20)24-15-8-16-25-26(24)23(18-21-11-4-2-5-12-21)27(30)29(25)19-22-13-6-3-7-14-22/h2-8,11-16,18,20H,9-10,17,19H2,1H3/b23-18+/t20-/m1/s1. The van der Waals surface area contributed by atoms with Crippen LogP contribution in [0.4, 0.5) is 11.4 Å². The van der Waals surface area contributed by atoms with Crippen LogP contribution >= 0.6 is 0 Å². The number of carbonyl (C=O) groups is 1. The molecule has 1 amide bonds. The number of fused-ring (bicyclic) bond motifs is 1. The molecule has 150 valence electrons. The molecule has 1 saturated heterocycles. The van der Waals surface area contributed by atoms with Crippen LogP contribution in [0.3, 0.4) is 0 Å². The molecule has 2 aliphatic heterocycles. The van der Waals surface area contributed by atoms with Gasteiger partial charge in [-0.15, -0.1) is 0 Å². The normalized spacial score (nSPS) is 19.6. The Labute approximate surface area is 178 Å². The van der Waals surface area contributed by atoms with Crippen molar-refractivity contribution in [1.29, 1.82) is 0 Å². The highest BCUT2D eigenvalue weighted by atomic mass is 16.2. The summed E-state index contributed by atoms with van der Waals surface area (Å²) >= 11 is 0. The van der Waals surface area contributed by atoms with E-state index in [2.05, 4.69) is 60.4 Å². The van der Waals surface area contributed by atoms with Gasteiger partial charge in [-0.25, -0.2) is 0 Å². The minimum absolute atomic E-state index is 0.0806.